The fourth-order valence-electron chi connectivity index (χ4n) is 2.27. The lowest BCUT2D eigenvalue weighted by Gasteiger charge is -2.34. The molecule has 1 aliphatic rings. The van der Waals surface area contributed by atoms with E-state index in [1.54, 1.807) is 0 Å². The van der Waals surface area contributed by atoms with Crippen LogP contribution in [0.15, 0.2) is 30.3 Å². The lowest BCUT2D eigenvalue weighted by molar-refractivity contribution is 0.205. The Kier molecular flexibility index (Phi) is 4.59. The number of carbonyl (C=O) groups is 1. The molecule has 0 bridgehead atoms. The van der Waals surface area contributed by atoms with Gasteiger partial charge >= 0.3 is 6.03 Å². The first-order chi connectivity index (χ1) is 8.81. The fraction of sp³-hybridized carbons (Fsp3) is 0.500. The molecule has 1 fully saturated rings. The Morgan fingerprint density at radius 2 is 2.06 bits per heavy atom. The van der Waals surface area contributed by atoms with Crippen LogP contribution in [0, 0.1) is 5.92 Å². The third-order valence-corrected chi connectivity index (χ3v) is 3.46. The molecule has 1 aromatic rings. The summed E-state index contributed by atoms with van der Waals surface area (Å²) in [5.41, 5.74) is 1.15. The first-order valence-electron chi connectivity index (χ1n) is 6.51. The molecule has 0 radical (unpaired) electrons. The van der Waals surface area contributed by atoms with Crippen LogP contribution in [-0.2, 0) is 0 Å². The largest absolute Gasteiger partial charge is 0.395 e. The molecule has 4 heteroatoms. The Labute approximate surface area is 107 Å². The van der Waals surface area contributed by atoms with Gasteiger partial charge in [-0.1, -0.05) is 36.8 Å². The number of benzene rings is 1. The average molecular weight is 248 g/mol. The number of aliphatic hydroxyl groups is 1. The normalized spacial score (nSPS) is 16.7. The van der Waals surface area contributed by atoms with Crippen LogP contribution in [0.4, 0.5) is 4.79 Å². The molecule has 1 aliphatic carbocycles. The van der Waals surface area contributed by atoms with Gasteiger partial charge in [0, 0.05) is 6.54 Å². The fourth-order valence-corrected chi connectivity index (χ4v) is 2.27. The summed E-state index contributed by atoms with van der Waals surface area (Å²) in [6, 6.07) is 9.95. The standard InChI is InChI=1S/C14H20N2O2/c17-10-9-15-14(18)16-13(12-7-4-8-12)11-5-2-1-3-6-11/h1-3,5-6,12-13,17H,4,7-10H2,(H2,15,16,18). The topological polar surface area (TPSA) is 61.4 Å². The lowest BCUT2D eigenvalue weighted by atomic mass is 9.77. The molecule has 1 aromatic carbocycles. The summed E-state index contributed by atoms with van der Waals surface area (Å²) < 4.78 is 0. The molecule has 0 aliphatic heterocycles. The molecule has 0 heterocycles. The van der Waals surface area contributed by atoms with Gasteiger partial charge in [0.25, 0.3) is 0 Å². The van der Waals surface area contributed by atoms with E-state index in [9.17, 15) is 4.79 Å². The maximum absolute atomic E-state index is 11.7. The van der Waals surface area contributed by atoms with Gasteiger partial charge in [-0.05, 0) is 24.3 Å². The van der Waals surface area contributed by atoms with E-state index in [2.05, 4.69) is 22.8 Å². The summed E-state index contributed by atoms with van der Waals surface area (Å²) in [6.45, 7) is 0.255. The summed E-state index contributed by atoms with van der Waals surface area (Å²) in [7, 11) is 0. The first kappa shape index (κ1) is 12.9. The van der Waals surface area contributed by atoms with Crippen LogP contribution >= 0.6 is 0 Å². The zero-order chi connectivity index (χ0) is 12.8. The molecule has 1 unspecified atom stereocenters. The third kappa shape index (κ3) is 3.23. The second-order valence-electron chi connectivity index (χ2n) is 4.70. The molecular formula is C14H20N2O2. The van der Waals surface area contributed by atoms with Crippen LogP contribution in [-0.4, -0.2) is 24.3 Å². The molecule has 3 N–H and O–H groups in total. The van der Waals surface area contributed by atoms with Crippen molar-refractivity contribution < 1.29 is 9.90 Å². The number of amides is 2. The smallest absolute Gasteiger partial charge is 0.315 e. The molecule has 2 amide bonds. The Bertz CT molecular complexity index is 377. The van der Waals surface area contributed by atoms with E-state index < -0.39 is 0 Å². The van der Waals surface area contributed by atoms with Gasteiger partial charge in [0.2, 0.25) is 0 Å². The number of urea groups is 1. The van der Waals surface area contributed by atoms with Crippen LogP contribution in [0.5, 0.6) is 0 Å². The van der Waals surface area contributed by atoms with Crippen LogP contribution in [0.1, 0.15) is 30.9 Å². The van der Waals surface area contributed by atoms with Crippen molar-refractivity contribution in [2.24, 2.45) is 5.92 Å². The highest BCUT2D eigenvalue weighted by Crippen LogP contribution is 2.37. The maximum Gasteiger partial charge on any atom is 0.315 e. The molecule has 0 spiro atoms. The van der Waals surface area contributed by atoms with Crippen molar-refractivity contribution in [2.75, 3.05) is 13.2 Å². The monoisotopic (exact) mass is 248 g/mol. The Morgan fingerprint density at radius 1 is 1.33 bits per heavy atom. The Morgan fingerprint density at radius 3 is 2.61 bits per heavy atom. The van der Waals surface area contributed by atoms with Crippen molar-refractivity contribution >= 4 is 6.03 Å². The zero-order valence-corrected chi connectivity index (χ0v) is 10.4. The Hall–Kier alpha value is -1.55. The lowest BCUT2D eigenvalue weighted by Crippen LogP contribution is -2.42. The number of hydrogen-bond donors (Lipinski definition) is 3. The third-order valence-electron chi connectivity index (χ3n) is 3.46. The summed E-state index contributed by atoms with van der Waals surface area (Å²) in [4.78, 5) is 11.7. The molecule has 18 heavy (non-hydrogen) atoms. The average Bonchev–Trinajstić information content (AvgIpc) is 2.34. The van der Waals surface area contributed by atoms with E-state index in [1.807, 2.05) is 18.2 Å². The molecular weight excluding hydrogens is 228 g/mol. The highest BCUT2D eigenvalue weighted by molar-refractivity contribution is 5.74. The number of hydrogen-bond acceptors (Lipinski definition) is 2. The van der Waals surface area contributed by atoms with Gasteiger partial charge in [0.1, 0.15) is 0 Å². The minimum Gasteiger partial charge on any atom is -0.395 e. The van der Waals surface area contributed by atoms with Gasteiger partial charge in [-0.25, -0.2) is 4.79 Å². The quantitative estimate of drug-likeness (QED) is 0.744. The number of nitrogens with one attached hydrogen (secondary N) is 2. The van der Waals surface area contributed by atoms with Gasteiger partial charge in [-0.15, -0.1) is 0 Å². The van der Waals surface area contributed by atoms with Crippen molar-refractivity contribution in [2.45, 2.75) is 25.3 Å². The van der Waals surface area contributed by atoms with Gasteiger partial charge < -0.3 is 15.7 Å². The van der Waals surface area contributed by atoms with E-state index in [4.69, 9.17) is 5.11 Å². The molecule has 1 saturated carbocycles. The minimum atomic E-state index is -0.204. The molecule has 0 aromatic heterocycles. The van der Waals surface area contributed by atoms with E-state index in [0.717, 1.165) is 5.56 Å². The SMILES string of the molecule is O=C(NCCO)NC(c1ccccc1)C1CCC1. The van der Waals surface area contributed by atoms with Crippen molar-refractivity contribution in [3.8, 4) is 0 Å². The van der Waals surface area contributed by atoms with Gasteiger partial charge in [0.05, 0.1) is 12.6 Å². The van der Waals surface area contributed by atoms with Crippen LogP contribution < -0.4 is 10.6 Å². The van der Waals surface area contributed by atoms with E-state index >= 15 is 0 Å². The highest BCUT2D eigenvalue weighted by atomic mass is 16.3. The van der Waals surface area contributed by atoms with Crippen molar-refractivity contribution in [1.82, 2.24) is 10.6 Å². The molecule has 2 rings (SSSR count). The molecule has 98 valence electrons. The second-order valence-corrected chi connectivity index (χ2v) is 4.70. The van der Waals surface area contributed by atoms with Crippen LogP contribution in [0.3, 0.4) is 0 Å². The summed E-state index contributed by atoms with van der Waals surface area (Å²) in [6.07, 6.45) is 3.58. The molecule has 4 nitrogen and oxygen atoms in total. The van der Waals surface area contributed by atoms with Gasteiger partial charge in [-0.2, -0.15) is 0 Å². The van der Waals surface area contributed by atoms with Crippen LogP contribution in [0.2, 0.25) is 0 Å². The Balaban J connectivity index is 1.99. The van der Waals surface area contributed by atoms with Crippen molar-refractivity contribution in [3.05, 3.63) is 35.9 Å². The summed E-state index contributed by atoms with van der Waals surface area (Å²) in [5.74, 6) is 0.535. The van der Waals surface area contributed by atoms with Crippen molar-refractivity contribution in [1.29, 1.82) is 0 Å². The molecule has 0 saturated heterocycles. The van der Waals surface area contributed by atoms with E-state index in [0.29, 0.717) is 5.92 Å². The number of rotatable bonds is 5. The molecule has 1 atom stereocenters. The predicted molar refractivity (Wildman–Crippen MR) is 70.1 cm³/mol. The summed E-state index contributed by atoms with van der Waals surface area (Å²) >= 11 is 0. The van der Waals surface area contributed by atoms with Gasteiger partial charge in [0.15, 0.2) is 0 Å². The number of carbonyl (C=O) groups excluding carboxylic acids is 1. The maximum atomic E-state index is 11.7. The zero-order valence-electron chi connectivity index (χ0n) is 10.4. The predicted octanol–water partition coefficient (Wildman–Crippen LogP) is 1.82. The first-order valence-corrected chi connectivity index (χ1v) is 6.51. The van der Waals surface area contributed by atoms with Crippen LogP contribution in [0.25, 0.3) is 0 Å². The van der Waals surface area contributed by atoms with Crippen molar-refractivity contribution in [3.63, 3.8) is 0 Å². The van der Waals surface area contributed by atoms with E-state index in [-0.39, 0.29) is 25.2 Å². The van der Waals surface area contributed by atoms with E-state index in [1.165, 1.54) is 19.3 Å². The minimum absolute atomic E-state index is 0.0349. The second kappa shape index (κ2) is 6.40. The highest BCUT2D eigenvalue weighted by Gasteiger charge is 2.29. The van der Waals surface area contributed by atoms with Gasteiger partial charge in [-0.3, -0.25) is 0 Å². The number of aliphatic hydroxyl groups excluding tert-OH is 1. The summed E-state index contributed by atoms with van der Waals surface area (Å²) in [5, 5.41) is 14.3.